The van der Waals surface area contributed by atoms with Gasteiger partial charge in [-0.15, -0.1) is 0 Å². The van der Waals surface area contributed by atoms with Crippen LogP contribution < -0.4 is 9.64 Å². The van der Waals surface area contributed by atoms with E-state index in [1.54, 1.807) is 0 Å². The molecule has 11 aromatic rings. The zero-order chi connectivity index (χ0) is 42.4. The molecular weight excluding hydrogens is 775 g/mol. The summed E-state index contributed by atoms with van der Waals surface area (Å²) in [7, 11) is 0. The molecule has 0 saturated carbocycles. The lowest BCUT2D eigenvalue weighted by molar-refractivity contribution is 0.489. The standard InChI is InChI=1S/C62H41NO/c1-3-14-42(15-4-1)44-28-30-45(31-29-44)47-34-38-52(39-35-47)63(51-36-32-46(33-37-51)43-16-5-2-6-17-43)59-26-12-25-56-57-40-49-19-7-8-20-50(49)41-58(57)61-55(24-13-27-60(61)64-62(56)59)54-23-11-21-48-18-9-10-22-53(48)54/h1-41H. The van der Waals surface area contributed by atoms with Crippen molar-refractivity contribution >= 4 is 38.6 Å². The van der Waals surface area contributed by atoms with Gasteiger partial charge in [0.2, 0.25) is 0 Å². The molecule has 0 saturated heterocycles. The molecule has 2 nitrogen and oxygen atoms in total. The van der Waals surface area contributed by atoms with Crippen LogP contribution in [0.4, 0.5) is 17.1 Å². The zero-order valence-electron chi connectivity index (χ0n) is 35.0. The van der Waals surface area contributed by atoms with Gasteiger partial charge in [-0.2, -0.15) is 0 Å². The highest BCUT2D eigenvalue weighted by molar-refractivity contribution is 6.08. The van der Waals surface area contributed by atoms with E-state index in [1.165, 1.54) is 49.4 Å². The van der Waals surface area contributed by atoms with Crippen molar-refractivity contribution in [3.63, 3.8) is 0 Å². The number of hydrogen-bond acceptors (Lipinski definition) is 2. The lowest BCUT2D eigenvalue weighted by Gasteiger charge is -2.28. The fraction of sp³-hybridized carbons (Fsp3) is 0. The molecule has 0 radical (unpaired) electrons. The van der Waals surface area contributed by atoms with Gasteiger partial charge in [0.15, 0.2) is 5.75 Å². The van der Waals surface area contributed by atoms with E-state index in [-0.39, 0.29) is 0 Å². The minimum Gasteiger partial charge on any atom is -0.454 e. The average molecular weight is 816 g/mol. The molecule has 300 valence electrons. The van der Waals surface area contributed by atoms with E-state index in [0.717, 1.165) is 67.5 Å². The second-order valence-corrected chi connectivity index (χ2v) is 16.4. The van der Waals surface area contributed by atoms with Gasteiger partial charge in [-0.1, -0.05) is 200 Å². The molecule has 0 aromatic heterocycles. The van der Waals surface area contributed by atoms with E-state index in [2.05, 4.69) is 254 Å². The van der Waals surface area contributed by atoms with Gasteiger partial charge in [0, 0.05) is 22.5 Å². The second-order valence-electron chi connectivity index (χ2n) is 16.4. The normalized spacial score (nSPS) is 11.6. The molecule has 12 rings (SSSR count). The highest BCUT2D eigenvalue weighted by atomic mass is 16.5. The number of hydrogen-bond donors (Lipinski definition) is 0. The molecule has 1 aliphatic heterocycles. The van der Waals surface area contributed by atoms with Crippen LogP contribution in [0.25, 0.3) is 88.3 Å². The smallest absolute Gasteiger partial charge is 0.159 e. The number of ether oxygens (including phenoxy) is 1. The van der Waals surface area contributed by atoms with Gasteiger partial charge in [0.25, 0.3) is 0 Å². The predicted octanol–water partition coefficient (Wildman–Crippen LogP) is 17.6. The Morgan fingerprint density at radius 3 is 1.33 bits per heavy atom. The monoisotopic (exact) mass is 815 g/mol. The fourth-order valence-electron chi connectivity index (χ4n) is 9.53. The maximum atomic E-state index is 7.43. The van der Waals surface area contributed by atoms with Crippen molar-refractivity contribution in [1.82, 2.24) is 0 Å². The molecule has 1 heterocycles. The number of nitrogens with zero attached hydrogens (tertiary/aromatic N) is 1. The lowest BCUT2D eigenvalue weighted by Crippen LogP contribution is -2.11. The van der Waals surface area contributed by atoms with Crippen molar-refractivity contribution < 1.29 is 4.74 Å². The van der Waals surface area contributed by atoms with E-state index in [9.17, 15) is 0 Å². The van der Waals surface area contributed by atoms with E-state index < -0.39 is 0 Å². The van der Waals surface area contributed by atoms with Crippen LogP contribution in [-0.4, -0.2) is 0 Å². The Morgan fingerprint density at radius 1 is 0.281 bits per heavy atom. The Kier molecular flexibility index (Phi) is 9.20. The Bertz CT molecular complexity index is 3480. The van der Waals surface area contributed by atoms with Crippen LogP contribution in [0.3, 0.4) is 0 Å². The van der Waals surface area contributed by atoms with E-state index in [4.69, 9.17) is 4.74 Å². The van der Waals surface area contributed by atoms with Crippen molar-refractivity contribution in [3.8, 4) is 78.3 Å². The van der Waals surface area contributed by atoms with Crippen LogP contribution in [0, 0.1) is 0 Å². The van der Waals surface area contributed by atoms with Gasteiger partial charge in [-0.25, -0.2) is 0 Å². The summed E-state index contributed by atoms with van der Waals surface area (Å²) in [5, 5.41) is 4.79. The van der Waals surface area contributed by atoms with Gasteiger partial charge in [0.1, 0.15) is 5.75 Å². The van der Waals surface area contributed by atoms with Gasteiger partial charge in [-0.3, -0.25) is 0 Å². The summed E-state index contributed by atoms with van der Waals surface area (Å²) < 4.78 is 7.43. The van der Waals surface area contributed by atoms with Crippen LogP contribution in [-0.2, 0) is 0 Å². The van der Waals surface area contributed by atoms with Crippen LogP contribution >= 0.6 is 0 Å². The van der Waals surface area contributed by atoms with Crippen molar-refractivity contribution in [2.75, 3.05) is 4.90 Å². The minimum atomic E-state index is 0.806. The Morgan fingerprint density at radius 2 is 0.719 bits per heavy atom. The van der Waals surface area contributed by atoms with Crippen LogP contribution in [0.1, 0.15) is 0 Å². The summed E-state index contributed by atoms with van der Waals surface area (Å²) in [4.78, 5) is 2.34. The Labute approximate surface area is 373 Å². The first-order valence-electron chi connectivity index (χ1n) is 21.9. The third-order valence-corrected chi connectivity index (χ3v) is 12.7. The first-order valence-corrected chi connectivity index (χ1v) is 21.9. The first kappa shape index (κ1) is 37.3. The Hall–Kier alpha value is -8.46. The predicted molar refractivity (Wildman–Crippen MR) is 269 cm³/mol. The topological polar surface area (TPSA) is 12.5 Å². The van der Waals surface area contributed by atoms with Crippen molar-refractivity contribution in [2.45, 2.75) is 0 Å². The van der Waals surface area contributed by atoms with E-state index in [1.807, 2.05) is 0 Å². The van der Waals surface area contributed by atoms with Crippen LogP contribution in [0.15, 0.2) is 249 Å². The molecule has 0 N–H and O–H groups in total. The molecule has 1 aliphatic rings. The summed E-state index contributed by atoms with van der Waals surface area (Å²) in [6.45, 7) is 0. The molecular formula is C62H41NO. The molecule has 2 heteroatoms. The average Bonchev–Trinajstić information content (AvgIpc) is 3.51. The molecule has 0 atom stereocenters. The van der Waals surface area contributed by atoms with Gasteiger partial charge >= 0.3 is 0 Å². The largest absolute Gasteiger partial charge is 0.454 e. The van der Waals surface area contributed by atoms with E-state index in [0.29, 0.717) is 0 Å². The third kappa shape index (κ3) is 6.61. The molecule has 0 amide bonds. The van der Waals surface area contributed by atoms with Gasteiger partial charge < -0.3 is 9.64 Å². The molecule has 0 unspecified atom stereocenters. The van der Waals surface area contributed by atoms with Crippen molar-refractivity contribution in [3.05, 3.63) is 249 Å². The number of rotatable bonds is 7. The molecule has 0 aliphatic carbocycles. The summed E-state index contributed by atoms with van der Waals surface area (Å²) in [6, 6.07) is 89.5. The van der Waals surface area contributed by atoms with Crippen molar-refractivity contribution in [2.24, 2.45) is 0 Å². The maximum absolute atomic E-state index is 7.43. The summed E-state index contributed by atoms with van der Waals surface area (Å²) in [6.07, 6.45) is 0. The quantitative estimate of drug-likeness (QED) is 0.159. The van der Waals surface area contributed by atoms with Crippen LogP contribution in [0.2, 0.25) is 0 Å². The SMILES string of the molecule is c1ccc(-c2ccc(-c3ccc(N(c4ccc(-c5ccccc5)cc4)c4cccc5c4Oc4cccc(-c6cccc7ccccc67)c4-c4cc6ccccc6cc4-5)cc3)cc2)cc1. The molecule has 64 heavy (non-hydrogen) atoms. The number of anilines is 3. The zero-order valence-corrected chi connectivity index (χ0v) is 35.0. The summed E-state index contributed by atoms with van der Waals surface area (Å²) >= 11 is 0. The summed E-state index contributed by atoms with van der Waals surface area (Å²) in [5.41, 5.74) is 16.8. The first-order chi connectivity index (χ1) is 31.7. The highest BCUT2D eigenvalue weighted by Crippen LogP contribution is 2.55. The van der Waals surface area contributed by atoms with Gasteiger partial charge in [0.05, 0.1) is 5.69 Å². The highest BCUT2D eigenvalue weighted by Gasteiger charge is 2.29. The Balaban J connectivity index is 1.04. The maximum Gasteiger partial charge on any atom is 0.159 e. The third-order valence-electron chi connectivity index (χ3n) is 12.7. The lowest BCUT2D eigenvalue weighted by atomic mass is 9.86. The number of fused-ring (bicyclic) bond motifs is 7. The van der Waals surface area contributed by atoms with Crippen LogP contribution in [0.5, 0.6) is 11.5 Å². The van der Waals surface area contributed by atoms with E-state index >= 15 is 0 Å². The summed E-state index contributed by atoms with van der Waals surface area (Å²) in [5.74, 6) is 1.63. The molecule has 0 fully saturated rings. The molecule has 0 bridgehead atoms. The number of para-hydroxylation sites is 1. The molecule has 11 aromatic carbocycles. The number of benzene rings is 11. The fourth-order valence-corrected chi connectivity index (χ4v) is 9.53. The van der Waals surface area contributed by atoms with Crippen molar-refractivity contribution in [1.29, 1.82) is 0 Å². The molecule has 0 spiro atoms. The second kappa shape index (κ2) is 15.8. The minimum absolute atomic E-state index is 0.806. The van der Waals surface area contributed by atoms with Gasteiger partial charge in [-0.05, 0) is 126 Å².